The van der Waals surface area contributed by atoms with Gasteiger partial charge in [0, 0.05) is 38.9 Å². The molecule has 0 aromatic rings. The standard InChI is InChI=1S/C14H24N4O5/c1-10-9-13(21)18(14(10)22)6-3-11(19)16-5-8-23-7-4-12(20)17-15-2/h10,15H,3-9H2,1-2H3,(H,16,19)(H,17,20). The zero-order chi connectivity index (χ0) is 17.2. The molecule has 1 atom stereocenters. The molecule has 0 saturated carbocycles. The van der Waals surface area contributed by atoms with Crippen LogP contribution in [0.3, 0.4) is 0 Å². The van der Waals surface area contributed by atoms with E-state index in [0.29, 0.717) is 6.54 Å². The van der Waals surface area contributed by atoms with Crippen molar-refractivity contribution in [1.29, 1.82) is 0 Å². The van der Waals surface area contributed by atoms with Crippen LogP contribution in [0.5, 0.6) is 0 Å². The number of carbonyl (C=O) groups excluding carboxylic acids is 4. The molecule has 1 rings (SSSR count). The first-order valence-corrected chi connectivity index (χ1v) is 7.60. The Morgan fingerprint density at radius 2 is 1.96 bits per heavy atom. The van der Waals surface area contributed by atoms with Gasteiger partial charge in [0.15, 0.2) is 0 Å². The van der Waals surface area contributed by atoms with E-state index in [1.807, 2.05) is 0 Å². The van der Waals surface area contributed by atoms with E-state index in [9.17, 15) is 19.2 Å². The molecule has 4 amide bonds. The van der Waals surface area contributed by atoms with Crippen LogP contribution in [0.25, 0.3) is 0 Å². The van der Waals surface area contributed by atoms with Crippen LogP contribution in [-0.2, 0) is 23.9 Å². The molecule has 130 valence electrons. The van der Waals surface area contributed by atoms with Crippen molar-refractivity contribution in [2.75, 3.05) is 33.4 Å². The zero-order valence-electron chi connectivity index (χ0n) is 13.5. The number of rotatable bonds is 10. The predicted molar refractivity (Wildman–Crippen MR) is 80.8 cm³/mol. The maximum atomic E-state index is 11.7. The Labute approximate surface area is 135 Å². The van der Waals surface area contributed by atoms with Gasteiger partial charge in [-0.05, 0) is 0 Å². The second kappa shape index (κ2) is 9.90. The Morgan fingerprint density at radius 1 is 1.22 bits per heavy atom. The summed E-state index contributed by atoms with van der Waals surface area (Å²) in [5, 5.41) is 2.63. The topological polar surface area (TPSA) is 117 Å². The Hall–Kier alpha value is -2.00. The summed E-state index contributed by atoms with van der Waals surface area (Å²) >= 11 is 0. The Bertz CT molecular complexity index is 454. The largest absolute Gasteiger partial charge is 0.379 e. The van der Waals surface area contributed by atoms with Crippen molar-refractivity contribution in [2.45, 2.75) is 26.2 Å². The Balaban J connectivity index is 2.06. The highest BCUT2D eigenvalue weighted by atomic mass is 16.5. The zero-order valence-corrected chi connectivity index (χ0v) is 13.5. The summed E-state index contributed by atoms with van der Waals surface area (Å²) in [5.74, 6) is -1.16. The SMILES string of the molecule is CNNC(=O)CCOCCNC(=O)CCN1C(=O)CC(C)C1=O. The van der Waals surface area contributed by atoms with Crippen LogP contribution in [0.15, 0.2) is 0 Å². The highest BCUT2D eigenvalue weighted by Gasteiger charge is 2.35. The first kappa shape index (κ1) is 19.0. The third-order valence-electron chi connectivity index (χ3n) is 3.34. The van der Waals surface area contributed by atoms with Crippen LogP contribution >= 0.6 is 0 Å². The van der Waals surface area contributed by atoms with Crippen LogP contribution in [0.2, 0.25) is 0 Å². The number of hydrogen-bond acceptors (Lipinski definition) is 6. The summed E-state index contributed by atoms with van der Waals surface area (Å²) in [6.45, 7) is 2.67. The van der Waals surface area contributed by atoms with Crippen LogP contribution in [0, 0.1) is 5.92 Å². The number of carbonyl (C=O) groups is 4. The molecule has 9 nitrogen and oxygen atoms in total. The number of amides is 4. The van der Waals surface area contributed by atoms with Gasteiger partial charge in [-0.2, -0.15) is 0 Å². The maximum Gasteiger partial charge on any atom is 0.236 e. The fraction of sp³-hybridized carbons (Fsp3) is 0.714. The average molecular weight is 328 g/mol. The lowest BCUT2D eigenvalue weighted by molar-refractivity contribution is -0.139. The number of hydrogen-bond donors (Lipinski definition) is 3. The molecule has 0 aliphatic carbocycles. The molecule has 1 fully saturated rings. The minimum Gasteiger partial charge on any atom is -0.379 e. The lowest BCUT2D eigenvalue weighted by Gasteiger charge is -2.14. The van der Waals surface area contributed by atoms with Gasteiger partial charge in [-0.1, -0.05) is 6.92 Å². The van der Waals surface area contributed by atoms with Crippen LogP contribution in [0.1, 0.15) is 26.2 Å². The van der Waals surface area contributed by atoms with Gasteiger partial charge < -0.3 is 10.1 Å². The first-order valence-electron chi connectivity index (χ1n) is 7.60. The van der Waals surface area contributed by atoms with Crippen molar-refractivity contribution in [3.63, 3.8) is 0 Å². The third kappa shape index (κ3) is 6.74. The van der Waals surface area contributed by atoms with Crippen molar-refractivity contribution in [3.05, 3.63) is 0 Å². The minimum atomic E-state index is -0.293. The van der Waals surface area contributed by atoms with E-state index in [1.165, 1.54) is 0 Å². The second-order valence-corrected chi connectivity index (χ2v) is 5.25. The van der Waals surface area contributed by atoms with Gasteiger partial charge in [-0.3, -0.25) is 29.5 Å². The Morgan fingerprint density at radius 3 is 2.57 bits per heavy atom. The number of imide groups is 1. The molecule has 1 heterocycles. The van der Waals surface area contributed by atoms with Crippen molar-refractivity contribution in [3.8, 4) is 0 Å². The molecule has 9 heteroatoms. The summed E-state index contributed by atoms with van der Waals surface area (Å²) in [7, 11) is 1.60. The lowest BCUT2D eigenvalue weighted by Crippen LogP contribution is -2.36. The average Bonchev–Trinajstić information content (AvgIpc) is 2.74. The molecule has 1 unspecified atom stereocenters. The molecule has 3 N–H and O–H groups in total. The fourth-order valence-electron chi connectivity index (χ4n) is 2.12. The Kier molecular flexibility index (Phi) is 8.20. The van der Waals surface area contributed by atoms with Gasteiger partial charge in [0.25, 0.3) is 0 Å². The number of likely N-dealkylation sites (tertiary alicyclic amines) is 1. The second-order valence-electron chi connectivity index (χ2n) is 5.25. The summed E-state index contributed by atoms with van der Waals surface area (Å²) in [4.78, 5) is 47.1. The van der Waals surface area contributed by atoms with Gasteiger partial charge in [0.1, 0.15) is 0 Å². The summed E-state index contributed by atoms with van der Waals surface area (Å²) in [5.41, 5.74) is 4.93. The molecule has 0 aromatic heterocycles. The van der Waals surface area contributed by atoms with Crippen LogP contribution < -0.4 is 16.2 Å². The van der Waals surface area contributed by atoms with Crippen molar-refractivity contribution >= 4 is 23.6 Å². The van der Waals surface area contributed by atoms with Gasteiger partial charge in [-0.25, -0.2) is 5.43 Å². The maximum absolute atomic E-state index is 11.7. The van der Waals surface area contributed by atoms with Crippen LogP contribution in [0.4, 0.5) is 0 Å². The fourth-order valence-corrected chi connectivity index (χ4v) is 2.12. The number of ether oxygens (including phenoxy) is 1. The number of nitrogens with zero attached hydrogens (tertiary/aromatic N) is 1. The molecule has 0 radical (unpaired) electrons. The first-order chi connectivity index (χ1) is 11.0. The van der Waals surface area contributed by atoms with E-state index >= 15 is 0 Å². The molecule has 0 spiro atoms. The monoisotopic (exact) mass is 328 g/mol. The van der Waals surface area contributed by atoms with Crippen molar-refractivity contribution < 1.29 is 23.9 Å². The highest BCUT2D eigenvalue weighted by Crippen LogP contribution is 2.18. The molecule has 0 bridgehead atoms. The van der Waals surface area contributed by atoms with Crippen molar-refractivity contribution in [2.24, 2.45) is 5.92 Å². The predicted octanol–water partition coefficient (Wildman–Crippen LogP) is -1.45. The molecule has 1 aliphatic heterocycles. The molecule has 23 heavy (non-hydrogen) atoms. The van der Waals surface area contributed by atoms with Gasteiger partial charge in [-0.15, -0.1) is 0 Å². The van der Waals surface area contributed by atoms with E-state index in [-0.39, 0.29) is 68.6 Å². The normalized spacial score (nSPS) is 17.5. The molecule has 1 saturated heterocycles. The smallest absolute Gasteiger partial charge is 0.236 e. The molecular weight excluding hydrogens is 304 g/mol. The summed E-state index contributed by atoms with van der Waals surface area (Å²) < 4.78 is 5.21. The van der Waals surface area contributed by atoms with Gasteiger partial charge in [0.2, 0.25) is 23.6 Å². The van der Waals surface area contributed by atoms with Crippen LogP contribution in [-0.4, -0.2) is 61.9 Å². The number of hydrazine groups is 1. The van der Waals surface area contributed by atoms with Gasteiger partial charge >= 0.3 is 0 Å². The highest BCUT2D eigenvalue weighted by molar-refractivity contribution is 6.03. The van der Waals surface area contributed by atoms with E-state index in [4.69, 9.17) is 4.74 Å². The number of nitrogens with one attached hydrogen (secondary N) is 3. The molecule has 0 aromatic carbocycles. The van der Waals surface area contributed by atoms with E-state index in [2.05, 4.69) is 16.2 Å². The van der Waals surface area contributed by atoms with E-state index in [0.717, 1.165) is 4.90 Å². The van der Waals surface area contributed by atoms with Crippen molar-refractivity contribution in [1.82, 2.24) is 21.1 Å². The lowest BCUT2D eigenvalue weighted by atomic mass is 10.1. The summed E-state index contributed by atoms with van der Waals surface area (Å²) in [6.07, 6.45) is 0.524. The molecular formula is C14H24N4O5. The third-order valence-corrected chi connectivity index (χ3v) is 3.34. The van der Waals surface area contributed by atoms with E-state index in [1.54, 1.807) is 14.0 Å². The van der Waals surface area contributed by atoms with Gasteiger partial charge in [0.05, 0.1) is 19.6 Å². The quantitative estimate of drug-likeness (QED) is 0.256. The molecule has 1 aliphatic rings. The van der Waals surface area contributed by atoms with E-state index < -0.39 is 0 Å². The minimum absolute atomic E-state index is 0.0782. The summed E-state index contributed by atoms with van der Waals surface area (Å²) in [6, 6.07) is 0.